The predicted molar refractivity (Wildman–Crippen MR) is 82.4 cm³/mol. The highest BCUT2D eigenvalue weighted by atomic mass is 31.2. The Labute approximate surface area is 141 Å². The topological polar surface area (TPSA) is 199 Å². The van der Waals surface area contributed by atoms with E-state index in [1.165, 1.54) is 18.2 Å². The van der Waals surface area contributed by atoms with Gasteiger partial charge in [-0.1, -0.05) is 18.2 Å². The number of rotatable bonds is 8. The molecule has 11 nitrogen and oxygen atoms in total. The largest absolute Gasteiger partial charge is 0.496 e. The quantitative estimate of drug-likeness (QED) is 0.326. The van der Waals surface area contributed by atoms with Gasteiger partial charge in [0.2, 0.25) is 0 Å². The summed E-state index contributed by atoms with van der Waals surface area (Å²) in [6.07, 6.45) is -1.55. The van der Waals surface area contributed by atoms with Crippen LogP contribution in [-0.2, 0) is 23.9 Å². The highest BCUT2D eigenvalue weighted by Crippen LogP contribution is 2.63. The second-order valence-electron chi connectivity index (χ2n) is 5.06. The van der Waals surface area contributed by atoms with Crippen LogP contribution < -0.4 is 4.74 Å². The lowest BCUT2D eigenvalue weighted by atomic mass is 9.92. The molecule has 0 aliphatic carbocycles. The van der Waals surface area contributed by atoms with Gasteiger partial charge in [0.1, 0.15) is 5.75 Å². The first-order valence-electron chi connectivity index (χ1n) is 6.49. The Morgan fingerprint density at radius 3 is 2.00 bits per heavy atom. The van der Waals surface area contributed by atoms with Crippen LogP contribution in [0.1, 0.15) is 12.0 Å². The summed E-state index contributed by atoms with van der Waals surface area (Å²) in [5.41, 5.74) is -3.25. The number of para-hydroxylation sites is 1. The Kier molecular flexibility index (Phi) is 6.18. The van der Waals surface area contributed by atoms with Crippen molar-refractivity contribution >= 4 is 27.1 Å². The standard InChI is InChI=1S/C12H16O11P2/c1-23-8-5-3-2-4-7(8)12(11(15)16,25(20,21)22)6-9(10(13)14)24(17,18)19/h2-5,9H,6H2,1H3,(H,13,14)(H,15,16)(H2,17,18,19)(H2,20,21,22). The van der Waals surface area contributed by atoms with Gasteiger partial charge in [0.05, 0.1) is 7.11 Å². The van der Waals surface area contributed by atoms with Crippen molar-refractivity contribution in [2.24, 2.45) is 0 Å². The van der Waals surface area contributed by atoms with Crippen LogP contribution in [-0.4, -0.2) is 54.5 Å². The number of hydrogen-bond acceptors (Lipinski definition) is 5. The molecule has 25 heavy (non-hydrogen) atoms. The van der Waals surface area contributed by atoms with E-state index in [4.69, 9.17) is 9.84 Å². The van der Waals surface area contributed by atoms with Crippen molar-refractivity contribution in [3.63, 3.8) is 0 Å². The lowest BCUT2D eigenvalue weighted by Crippen LogP contribution is -2.41. The fourth-order valence-corrected chi connectivity index (χ4v) is 4.44. The summed E-state index contributed by atoms with van der Waals surface area (Å²) in [5, 5.41) is 15.3. The van der Waals surface area contributed by atoms with Crippen LogP contribution in [0.3, 0.4) is 0 Å². The molecule has 0 amide bonds. The monoisotopic (exact) mass is 398 g/mol. The van der Waals surface area contributed by atoms with Gasteiger partial charge in [-0.05, 0) is 6.07 Å². The first-order valence-corrected chi connectivity index (χ1v) is 9.79. The number of ether oxygens (including phenoxy) is 1. The molecule has 0 heterocycles. The Hall–Kier alpha value is -1.74. The number of benzene rings is 1. The molecule has 0 aromatic heterocycles. The number of carbonyl (C=O) groups is 2. The highest BCUT2D eigenvalue weighted by Gasteiger charge is 2.60. The predicted octanol–water partition coefficient (Wildman–Crippen LogP) is 0.174. The summed E-state index contributed by atoms with van der Waals surface area (Å²) in [6, 6.07) is 4.74. The smallest absolute Gasteiger partial charge is 0.347 e. The minimum atomic E-state index is -5.67. The maximum atomic E-state index is 12.1. The van der Waals surface area contributed by atoms with Gasteiger partial charge >= 0.3 is 27.1 Å². The molecule has 2 atom stereocenters. The molecule has 1 rings (SSSR count). The molecular weight excluding hydrogens is 382 g/mol. The van der Waals surface area contributed by atoms with Gasteiger partial charge in [-0.2, -0.15) is 0 Å². The zero-order chi connectivity index (χ0) is 19.6. The van der Waals surface area contributed by atoms with Gasteiger partial charge in [0.25, 0.3) is 0 Å². The van der Waals surface area contributed by atoms with E-state index in [0.717, 1.165) is 13.2 Å². The number of carboxylic acid groups (broad SMARTS) is 2. The van der Waals surface area contributed by atoms with Crippen molar-refractivity contribution in [3.8, 4) is 5.75 Å². The van der Waals surface area contributed by atoms with Crippen molar-refractivity contribution in [1.29, 1.82) is 0 Å². The summed E-state index contributed by atoms with van der Waals surface area (Å²) in [5.74, 6) is -4.53. The molecule has 1 aromatic rings. The van der Waals surface area contributed by atoms with E-state index in [1.807, 2.05) is 0 Å². The third kappa shape index (κ3) is 4.09. The van der Waals surface area contributed by atoms with E-state index in [2.05, 4.69) is 0 Å². The summed E-state index contributed by atoms with van der Waals surface area (Å²) < 4.78 is 28.4. The molecule has 13 heteroatoms. The first kappa shape index (κ1) is 21.3. The lowest BCUT2D eigenvalue weighted by Gasteiger charge is -2.33. The summed E-state index contributed by atoms with van der Waals surface area (Å²) in [4.78, 5) is 60.8. The number of carboxylic acids is 2. The molecule has 0 saturated heterocycles. The number of aliphatic carboxylic acids is 2. The summed E-state index contributed by atoms with van der Waals surface area (Å²) >= 11 is 0. The van der Waals surface area contributed by atoms with E-state index in [0.29, 0.717) is 0 Å². The third-order valence-electron chi connectivity index (χ3n) is 3.58. The molecular formula is C12H16O11P2. The molecule has 2 unspecified atom stereocenters. The number of methoxy groups -OCH3 is 1. The van der Waals surface area contributed by atoms with Gasteiger partial charge in [-0.15, -0.1) is 0 Å². The van der Waals surface area contributed by atoms with E-state index in [-0.39, 0.29) is 5.75 Å². The minimum Gasteiger partial charge on any atom is -0.496 e. The minimum absolute atomic E-state index is 0.289. The molecule has 0 spiro atoms. The maximum Gasteiger partial charge on any atom is 0.347 e. The summed E-state index contributed by atoms with van der Waals surface area (Å²) in [7, 11) is -10.0. The molecule has 140 valence electrons. The van der Waals surface area contributed by atoms with Crippen molar-refractivity contribution in [2.45, 2.75) is 17.2 Å². The highest BCUT2D eigenvalue weighted by molar-refractivity contribution is 7.55. The van der Waals surface area contributed by atoms with E-state index >= 15 is 0 Å². The van der Waals surface area contributed by atoms with E-state index in [9.17, 15) is 43.4 Å². The average molecular weight is 398 g/mol. The van der Waals surface area contributed by atoms with Gasteiger partial charge in [0, 0.05) is 12.0 Å². The van der Waals surface area contributed by atoms with Crippen LogP contribution in [0.5, 0.6) is 5.75 Å². The molecule has 0 fully saturated rings. The Morgan fingerprint density at radius 2 is 1.64 bits per heavy atom. The van der Waals surface area contributed by atoms with E-state index in [1.54, 1.807) is 0 Å². The fraction of sp³-hybridized carbons (Fsp3) is 0.333. The van der Waals surface area contributed by atoms with Crippen molar-refractivity contribution in [2.75, 3.05) is 7.11 Å². The van der Waals surface area contributed by atoms with Gasteiger partial charge < -0.3 is 34.5 Å². The SMILES string of the molecule is COc1ccccc1C(CC(C(=O)O)P(=O)(O)O)(C(=O)O)P(=O)(O)O. The Bertz CT molecular complexity index is 764. The van der Waals surface area contributed by atoms with Crippen LogP contribution in [0, 0.1) is 0 Å². The molecule has 0 aliphatic heterocycles. The molecule has 0 radical (unpaired) electrons. The van der Waals surface area contributed by atoms with Crippen LogP contribution in [0.4, 0.5) is 0 Å². The Morgan fingerprint density at radius 1 is 1.12 bits per heavy atom. The Balaban J connectivity index is 3.82. The zero-order valence-corrected chi connectivity index (χ0v) is 14.5. The molecule has 6 N–H and O–H groups in total. The average Bonchev–Trinajstić information content (AvgIpc) is 2.44. The zero-order valence-electron chi connectivity index (χ0n) is 12.7. The molecule has 0 aliphatic rings. The van der Waals surface area contributed by atoms with Crippen LogP contribution in [0.2, 0.25) is 0 Å². The van der Waals surface area contributed by atoms with Gasteiger partial charge in [-0.25, -0.2) is 0 Å². The lowest BCUT2D eigenvalue weighted by molar-refractivity contribution is -0.142. The number of hydrogen-bond donors (Lipinski definition) is 6. The fourth-order valence-electron chi connectivity index (χ4n) is 2.33. The van der Waals surface area contributed by atoms with Crippen LogP contribution in [0.25, 0.3) is 0 Å². The molecule has 1 aromatic carbocycles. The summed E-state index contributed by atoms with van der Waals surface area (Å²) in [6.45, 7) is 0. The molecule has 0 saturated carbocycles. The van der Waals surface area contributed by atoms with Crippen molar-refractivity contribution in [3.05, 3.63) is 29.8 Å². The van der Waals surface area contributed by atoms with Gasteiger partial charge in [0.15, 0.2) is 10.8 Å². The van der Waals surface area contributed by atoms with Crippen molar-refractivity contribution in [1.82, 2.24) is 0 Å². The second kappa shape index (κ2) is 7.25. The van der Waals surface area contributed by atoms with E-state index < -0.39 is 49.9 Å². The normalized spacial score (nSPS) is 15.9. The van der Waals surface area contributed by atoms with Gasteiger partial charge in [-0.3, -0.25) is 18.7 Å². The maximum absolute atomic E-state index is 12.1. The first-order chi connectivity index (χ1) is 11.3. The third-order valence-corrected chi connectivity index (χ3v) is 6.41. The second-order valence-corrected chi connectivity index (χ2v) is 8.71. The molecule has 0 bridgehead atoms. The van der Waals surface area contributed by atoms with Crippen molar-refractivity contribution < 1.29 is 53.2 Å². The van der Waals surface area contributed by atoms with Crippen LogP contribution in [0.15, 0.2) is 24.3 Å². The van der Waals surface area contributed by atoms with Crippen LogP contribution >= 0.6 is 15.2 Å².